The molecule has 0 saturated carbocycles. The summed E-state index contributed by atoms with van der Waals surface area (Å²) < 4.78 is 5.16. The Labute approximate surface area is 162 Å². The summed E-state index contributed by atoms with van der Waals surface area (Å²) in [6, 6.07) is 7.27. The molecule has 1 fully saturated rings. The molecule has 1 atom stereocenters. The number of methoxy groups -OCH3 is 1. The van der Waals surface area contributed by atoms with E-state index >= 15 is 0 Å². The quantitative estimate of drug-likeness (QED) is 0.726. The molecule has 0 bridgehead atoms. The van der Waals surface area contributed by atoms with Gasteiger partial charge in [0.25, 0.3) is 0 Å². The lowest BCUT2D eigenvalue weighted by Crippen LogP contribution is -2.43. The number of urea groups is 1. The zero-order chi connectivity index (χ0) is 19.6. The second-order valence-electron chi connectivity index (χ2n) is 7.16. The van der Waals surface area contributed by atoms with E-state index in [2.05, 4.69) is 15.5 Å². The number of nitrogens with one attached hydrogen (secondary N) is 2. The molecule has 7 nitrogen and oxygen atoms in total. The van der Waals surface area contributed by atoms with Gasteiger partial charge in [-0.25, -0.2) is 4.79 Å². The number of carbonyl (C=O) groups excluding carboxylic acids is 2. The Morgan fingerprint density at radius 2 is 2.04 bits per heavy atom. The summed E-state index contributed by atoms with van der Waals surface area (Å²) in [6.07, 6.45) is 2.65. The van der Waals surface area contributed by atoms with Crippen molar-refractivity contribution in [3.05, 3.63) is 29.8 Å². The van der Waals surface area contributed by atoms with Gasteiger partial charge in [-0.05, 0) is 43.0 Å². The van der Waals surface area contributed by atoms with Crippen molar-refractivity contribution in [2.75, 3.05) is 59.3 Å². The summed E-state index contributed by atoms with van der Waals surface area (Å²) in [4.78, 5) is 28.0. The van der Waals surface area contributed by atoms with Crippen molar-refractivity contribution in [2.24, 2.45) is 5.92 Å². The number of likely N-dealkylation sites (tertiary alicyclic amines) is 1. The molecule has 7 heteroatoms. The summed E-state index contributed by atoms with van der Waals surface area (Å²) in [5, 5.41) is 5.53. The van der Waals surface area contributed by atoms with E-state index < -0.39 is 0 Å². The van der Waals surface area contributed by atoms with E-state index in [9.17, 15) is 9.59 Å². The van der Waals surface area contributed by atoms with Crippen LogP contribution >= 0.6 is 0 Å². The molecule has 150 valence electrons. The second kappa shape index (κ2) is 10.9. The first-order valence-electron chi connectivity index (χ1n) is 9.54. The van der Waals surface area contributed by atoms with Crippen molar-refractivity contribution >= 4 is 17.6 Å². The number of amides is 3. The van der Waals surface area contributed by atoms with Gasteiger partial charge in [0.05, 0.1) is 13.0 Å². The van der Waals surface area contributed by atoms with Crippen molar-refractivity contribution in [3.8, 4) is 0 Å². The Balaban J connectivity index is 1.80. The Hall–Kier alpha value is -2.12. The summed E-state index contributed by atoms with van der Waals surface area (Å²) >= 11 is 0. The van der Waals surface area contributed by atoms with Crippen molar-refractivity contribution < 1.29 is 14.3 Å². The van der Waals surface area contributed by atoms with Gasteiger partial charge in [-0.1, -0.05) is 12.1 Å². The second-order valence-corrected chi connectivity index (χ2v) is 7.16. The minimum Gasteiger partial charge on any atom is -0.383 e. The van der Waals surface area contributed by atoms with E-state index in [1.165, 1.54) is 0 Å². The molecule has 2 N–H and O–H groups in total. The van der Waals surface area contributed by atoms with Gasteiger partial charge in [-0.15, -0.1) is 0 Å². The maximum atomic E-state index is 12.5. The van der Waals surface area contributed by atoms with Gasteiger partial charge in [-0.2, -0.15) is 0 Å². The Morgan fingerprint density at radius 1 is 1.30 bits per heavy atom. The van der Waals surface area contributed by atoms with E-state index in [1.807, 2.05) is 31.3 Å². The first-order chi connectivity index (χ1) is 13.0. The standard InChI is InChI=1S/C20H32N4O3/c1-21-19(25)13-16-6-8-18(9-7-16)22-20(26)23(2)14-17-5-4-10-24(15-17)11-12-27-3/h6-9,17H,4-5,10-15H2,1-3H3,(H,21,25)(H,22,26)/t17-/m0/s1. The van der Waals surface area contributed by atoms with Gasteiger partial charge in [-0.3, -0.25) is 4.79 Å². The molecule has 1 saturated heterocycles. The van der Waals surface area contributed by atoms with Gasteiger partial charge in [0, 0.05) is 46.5 Å². The molecule has 1 aliphatic rings. The SMILES string of the molecule is CNC(=O)Cc1ccc(NC(=O)N(C)C[C@@H]2CCCN(CCOC)C2)cc1. The monoisotopic (exact) mass is 376 g/mol. The number of ether oxygens (including phenoxy) is 1. The number of carbonyl (C=O) groups is 2. The smallest absolute Gasteiger partial charge is 0.321 e. The maximum absolute atomic E-state index is 12.5. The van der Waals surface area contributed by atoms with Crippen molar-refractivity contribution in [2.45, 2.75) is 19.3 Å². The first-order valence-corrected chi connectivity index (χ1v) is 9.54. The van der Waals surface area contributed by atoms with Crippen LogP contribution in [0.2, 0.25) is 0 Å². The van der Waals surface area contributed by atoms with Gasteiger partial charge in [0.15, 0.2) is 0 Å². The van der Waals surface area contributed by atoms with E-state index in [0.717, 1.165) is 56.9 Å². The van der Waals surface area contributed by atoms with Crippen LogP contribution < -0.4 is 10.6 Å². The number of rotatable bonds is 8. The average Bonchev–Trinajstić information content (AvgIpc) is 2.68. The zero-order valence-corrected chi connectivity index (χ0v) is 16.7. The lowest BCUT2D eigenvalue weighted by molar-refractivity contribution is -0.119. The molecule has 2 rings (SSSR count). The predicted molar refractivity (Wildman–Crippen MR) is 107 cm³/mol. The predicted octanol–water partition coefficient (Wildman–Crippen LogP) is 1.80. The van der Waals surface area contributed by atoms with Crippen LogP contribution in [-0.4, -0.2) is 75.7 Å². The van der Waals surface area contributed by atoms with E-state index in [4.69, 9.17) is 4.74 Å². The highest BCUT2D eigenvalue weighted by molar-refractivity contribution is 5.89. The maximum Gasteiger partial charge on any atom is 0.321 e. The molecule has 0 aromatic heterocycles. The highest BCUT2D eigenvalue weighted by Gasteiger charge is 2.22. The molecule has 0 unspecified atom stereocenters. The number of piperidine rings is 1. The lowest BCUT2D eigenvalue weighted by Gasteiger charge is -2.34. The van der Waals surface area contributed by atoms with Crippen LogP contribution in [0.1, 0.15) is 18.4 Å². The van der Waals surface area contributed by atoms with Gasteiger partial charge < -0.3 is 25.2 Å². The minimum absolute atomic E-state index is 0.0291. The molecule has 1 aliphatic heterocycles. The van der Waals surface area contributed by atoms with E-state index in [1.54, 1.807) is 19.1 Å². The van der Waals surface area contributed by atoms with Crippen molar-refractivity contribution in [1.82, 2.24) is 15.1 Å². The Kier molecular flexibility index (Phi) is 8.54. The van der Waals surface area contributed by atoms with Crippen LogP contribution in [0.15, 0.2) is 24.3 Å². The molecular weight excluding hydrogens is 344 g/mol. The molecule has 1 aromatic carbocycles. The summed E-state index contributed by atoms with van der Waals surface area (Å²) in [6.45, 7) is 4.56. The zero-order valence-electron chi connectivity index (χ0n) is 16.7. The third-order valence-corrected chi connectivity index (χ3v) is 4.94. The summed E-state index contributed by atoms with van der Waals surface area (Å²) in [5.41, 5.74) is 1.65. The topological polar surface area (TPSA) is 73.9 Å². The minimum atomic E-state index is -0.108. The first kappa shape index (κ1) is 21.2. The molecule has 3 amide bonds. The van der Waals surface area contributed by atoms with Gasteiger partial charge in [0.2, 0.25) is 5.91 Å². The van der Waals surface area contributed by atoms with Crippen LogP contribution in [0.4, 0.5) is 10.5 Å². The molecule has 1 aromatic rings. The Morgan fingerprint density at radius 3 is 2.70 bits per heavy atom. The van der Waals surface area contributed by atoms with Crippen LogP contribution in [-0.2, 0) is 16.0 Å². The number of hydrogen-bond acceptors (Lipinski definition) is 4. The van der Waals surface area contributed by atoms with Crippen LogP contribution in [0.5, 0.6) is 0 Å². The number of benzene rings is 1. The molecule has 0 spiro atoms. The average molecular weight is 377 g/mol. The lowest BCUT2D eigenvalue weighted by atomic mass is 9.97. The highest BCUT2D eigenvalue weighted by atomic mass is 16.5. The molecular formula is C20H32N4O3. The van der Waals surface area contributed by atoms with Crippen molar-refractivity contribution in [3.63, 3.8) is 0 Å². The largest absolute Gasteiger partial charge is 0.383 e. The van der Waals surface area contributed by atoms with Gasteiger partial charge in [0.1, 0.15) is 0 Å². The molecule has 27 heavy (non-hydrogen) atoms. The Bertz CT molecular complexity index is 606. The molecule has 0 aliphatic carbocycles. The fourth-order valence-electron chi connectivity index (χ4n) is 3.39. The fourth-order valence-corrected chi connectivity index (χ4v) is 3.39. The molecule has 0 radical (unpaired) electrons. The fraction of sp³-hybridized carbons (Fsp3) is 0.600. The number of nitrogens with zero attached hydrogens (tertiary/aromatic N) is 2. The summed E-state index contributed by atoms with van der Waals surface area (Å²) in [7, 11) is 5.18. The van der Waals surface area contributed by atoms with Gasteiger partial charge >= 0.3 is 6.03 Å². The number of hydrogen-bond donors (Lipinski definition) is 2. The number of anilines is 1. The van der Waals surface area contributed by atoms with Crippen LogP contribution in [0.25, 0.3) is 0 Å². The van der Waals surface area contributed by atoms with Crippen molar-refractivity contribution in [1.29, 1.82) is 0 Å². The third-order valence-electron chi connectivity index (χ3n) is 4.94. The van der Waals surface area contributed by atoms with Crippen LogP contribution in [0.3, 0.4) is 0 Å². The van der Waals surface area contributed by atoms with E-state index in [0.29, 0.717) is 12.3 Å². The van der Waals surface area contributed by atoms with E-state index in [-0.39, 0.29) is 11.9 Å². The molecule has 1 heterocycles. The summed E-state index contributed by atoms with van der Waals surface area (Å²) in [5.74, 6) is 0.458. The highest BCUT2D eigenvalue weighted by Crippen LogP contribution is 2.18. The van der Waals surface area contributed by atoms with Crippen LogP contribution in [0, 0.1) is 5.92 Å². The normalized spacial score (nSPS) is 17.4. The third kappa shape index (κ3) is 7.19. The number of likely N-dealkylation sites (N-methyl/N-ethyl adjacent to an activating group) is 1.